The molecule has 0 unspecified atom stereocenters. The Kier molecular flexibility index (Phi) is 7.27. The van der Waals surface area contributed by atoms with Crippen LogP contribution in [0.25, 0.3) is 6.08 Å². The lowest BCUT2D eigenvalue weighted by Crippen LogP contribution is -2.50. The summed E-state index contributed by atoms with van der Waals surface area (Å²) in [4.78, 5) is 23.4. The number of amides is 1. The van der Waals surface area contributed by atoms with Gasteiger partial charge in [0.1, 0.15) is 5.54 Å². The fraction of sp³-hybridized carbons (Fsp3) is 0.353. The van der Waals surface area contributed by atoms with Gasteiger partial charge in [-0.2, -0.15) is 5.26 Å². The van der Waals surface area contributed by atoms with Gasteiger partial charge in [-0.25, -0.2) is 4.79 Å². The molecule has 0 spiro atoms. The first-order chi connectivity index (χ1) is 11.2. The number of carbonyl (C=O) groups is 2. The Morgan fingerprint density at radius 1 is 1.42 bits per heavy atom. The molecular formula is C17H18Cl2N2O3. The highest BCUT2D eigenvalue weighted by molar-refractivity contribution is 6.35. The summed E-state index contributed by atoms with van der Waals surface area (Å²) in [5.74, 6) is -1.33. The molecule has 0 aliphatic rings. The lowest BCUT2D eigenvalue weighted by Gasteiger charge is -2.27. The summed E-state index contributed by atoms with van der Waals surface area (Å²) in [5, 5.41) is 12.6. The Morgan fingerprint density at radius 2 is 2.08 bits per heavy atom. The van der Waals surface area contributed by atoms with Crippen LogP contribution in [0.3, 0.4) is 0 Å². The second-order valence-corrected chi connectivity index (χ2v) is 6.47. The molecule has 7 heteroatoms. The standard InChI is InChI=1S/C17H18Cl2N2O3/c1-11(2)17(3,10-20)21-15(22)9-24-16(23)7-5-12-4-6-13(18)8-14(12)19/h4-8,11H,9H2,1-3H3,(H,21,22)/b7-5+/t17-/m1/s1. The molecule has 128 valence electrons. The van der Waals surface area contributed by atoms with Gasteiger partial charge in [0.15, 0.2) is 6.61 Å². The maximum atomic E-state index is 11.8. The molecule has 1 aromatic rings. The van der Waals surface area contributed by atoms with Crippen LogP contribution in [0.2, 0.25) is 10.0 Å². The molecule has 0 radical (unpaired) electrons. The van der Waals surface area contributed by atoms with Crippen LogP contribution in [0, 0.1) is 17.2 Å². The Labute approximate surface area is 151 Å². The molecule has 0 saturated carbocycles. The van der Waals surface area contributed by atoms with Crippen molar-refractivity contribution in [3.63, 3.8) is 0 Å². The molecule has 0 fully saturated rings. The van der Waals surface area contributed by atoms with Crippen molar-refractivity contribution in [2.75, 3.05) is 6.61 Å². The third-order valence-electron chi connectivity index (χ3n) is 3.49. The molecule has 1 N–H and O–H groups in total. The molecule has 0 aliphatic carbocycles. The highest BCUT2D eigenvalue weighted by Gasteiger charge is 2.30. The van der Waals surface area contributed by atoms with Gasteiger partial charge >= 0.3 is 5.97 Å². The van der Waals surface area contributed by atoms with E-state index in [0.717, 1.165) is 6.08 Å². The molecule has 0 bridgehead atoms. The van der Waals surface area contributed by atoms with Gasteiger partial charge in [-0.3, -0.25) is 4.79 Å². The summed E-state index contributed by atoms with van der Waals surface area (Å²) < 4.78 is 4.84. The number of nitrogens with one attached hydrogen (secondary N) is 1. The van der Waals surface area contributed by atoms with E-state index in [1.54, 1.807) is 25.1 Å². The molecule has 5 nitrogen and oxygen atoms in total. The fourth-order valence-corrected chi connectivity index (χ4v) is 2.08. The maximum absolute atomic E-state index is 11.8. The van der Waals surface area contributed by atoms with Gasteiger partial charge < -0.3 is 10.1 Å². The molecule has 0 heterocycles. The Morgan fingerprint density at radius 3 is 2.62 bits per heavy atom. The SMILES string of the molecule is CC(C)[C@@](C)(C#N)NC(=O)COC(=O)/C=C/c1ccc(Cl)cc1Cl. The molecule has 24 heavy (non-hydrogen) atoms. The lowest BCUT2D eigenvalue weighted by molar-refractivity contribution is -0.144. The second-order valence-electron chi connectivity index (χ2n) is 5.62. The smallest absolute Gasteiger partial charge is 0.331 e. The Hall–Kier alpha value is -2.03. The Balaban J connectivity index is 2.56. The van der Waals surface area contributed by atoms with Crippen LogP contribution in [0.1, 0.15) is 26.3 Å². The monoisotopic (exact) mass is 368 g/mol. The fourth-order valence-electron chi connectivity index (χ4n) is 1.61. The quantitative estimate of drug-likeness (QED) is 0.614. The number of nitriles is 1. The van der Waals surface area contributed by atoms with Crippen LogP contribution in [0.5, 0.6) is 0 Å². The van der Waals surface area contributed by atoms with Gasteiger partial charge in [0.2, 0.25) is 0 Å². The van der Waals surface area contributed by atoms with Gasteiger partial charge in [-0.05, 0) is 36.6 Å². The maximum Gasteiger partial charge on any atom is 0.331 e. The van der Waals surface area contributed by atoms with Gasteiger partial charge in [-0.15, -0.1) is 0 Å². The average Bonchev–Trinajstić information content (AvgIpc) is 2.51. The van der Waals surface area contributed by atoms with Crippen LogP contribution < -0.4 is 5.32 Å². The number of esters is 1. The molecule has 1 amide bonds. The Bertz CT molecular complexity index is 696. The minimum absolute atomic E-state index is 0.0888. The predicted molar refractivity (Wildman–Crippen MR) is 93.5 cm³/mol. The minimum Gasteiger partial charge on any atom is -0.452 e. The third-order valence-corrected chi connectivity index (χ3v) is 4.06. The van der Waals surface area contributed by atoms with Crippen molar-refractivity contribution in [1.82, 2.24) is 5.32 Å². The minimum atomic E-state index is -1.02. The number of nitrogens with zero attached hydrogens (tertiary/aromatic N) is 1. The van der Waals surface area contributed by atoms with Crippen LogP contribution >= 0.6 is 23.2 Å². The highest BCUT2D eigenvalue weighted by atomic mass is 35.5. The van der Waals surface area contributed by atoms with E-state index < -0.39 is 24.0 Å². The molecular weight excluding hydrogens is 351 g/mol. The molecule has 0 saturated heterocycles. The zero-order chi connectivity index (χ0) is 18.3. The van der Waals surface area contributed by atoms with E-state index in [1.165, 1.54) is 6.08 Å². The zero-order valence-electron chi connectivity index (χ0n) is 13.6. The van der Waals surface area contributed by atoms with E-state index in [4.69, 9.17) is 33.2 Å². The highest BCUT2D eigenvalue weighted by Crippen LogP contribution is 2.22. The van der Waals surface area contributed by atoms with Crippen molar-refractivity contribution < 1.29 is 14.3 Å². The first-order valence-corrected chi connectivity index (χ1v) is 7.95. The predicted octanol–water partition coefficient (Wildman–Crippen LogP) is 3.60. The normalized spacial score (nSPS) is 13.4. The number of hydrogen-bond donors (Lipinski definition) is 1. The van der Waals surface area contributed by atoms with Crippen molar-refractivity contribution in [2.24, 2.45) is 5.92 Å². The van der Waals surface area contributed by atoms with Gasteiger partial charge in [0, 0.05) is 16.1 Å². The van der Waals surface area contributed by atoms with E-state index in [1.807, 2.05) is 19.9 Å². The van der Waals surface area contributed by atoms with Crippen LogP contribution in [0.15, 0.2) is 24.3 Å². The van der Waals surface area contributed by atoms with Crippen molar-refractivity contribution in [2.45, 2.75) is 26.3 Å². The number of carbonyl (C=O) groups excluding carboxylic acids is 2. The van der Waals surface area contributed by atoms with Crippen molar-refractivity contribution >= 4 is 41.2 Å². The summed E-state index contributed by atoms with van der Waals surface area (Å²) in [7, 11) is 0. The molecule has 0 aromatic heterocycles. The van der Waals surface area contributed by atoms with Crippen molar-refractivity contribution in [1.29, 1.82) is 5.26 Å². The van der Waals surface area contributed by atoms with E-state index in [-0.39, 0.29) is 5.92 Å². The first kappa shape index (κ1) is 20.0. The molecule has 0 aliphatic heterocycles. The number of benzene rings is 1. The largest absolute Gasteiger partial charge is 0.452 e. The second kappa shape index (κ2) is 8.72. The van der Waals surface area contributed by atoms with E-state index >= 15 is 0 Å². The van der Waals surface area contributed by atoms with Gasteiger partial charge in [-0.1, -0.05) is 43.1 Å². The van der Waals surface area contributed by atoms with Crippen LogP contribution in [-0.4, -0.2) is 24.0 Å². The van der Waals surface area contributed by atoms with Crippen molar-refractivity contribution in [3.8, 4) is 6.07 Å². The molecule has 1 aromatic carbocycles. The van der Waals surface area contributed by atoms with Crippen LogP contribution in [-0.2, 0) is 14.3 Å². The van der Waals surface area contributed by atoms with Gasteiger partial charge in [0.05, 0.1) is 6.07 Å². The number of hydrogen-bond acceptors (Lipinski definition) is 4. The number of rotatable bonds is 6. The average molecular weight is 369 g/mol. The summed E-state index contributed by atoms with van der Waals surface area (Å²) in [6.45, 7) is 4.77. The van der Waals surface area contributed by atoms with E-state index in [2.05, 4.69) is 5.32 Å². The first-order valence-electron chi connectivity index (χ1n) is 7.20. The summed E-state index contributed by atoms with van der Waals surface area (Å²) in [5.41, 5.74) is -0.421. The van der Waals surface area contributed by atoms with Crippen LogP contribution in [0.4, 0.5) is 0 Å². The summed E-state index contributed by atoms with van der Waals surface area (Å²) in [6.07, 6.45) is 2.63. The number of ether oxygens (including phenoxy) is 1. The summed E-state index contributed by atoms with van der Waals surface area (Å²) in [6, 6.07) is 6.89. The number of halogens is 2. The topological polar surface area (TPSA) is 79.2 Å². The zero-order valence-corrected chi connectivity index (χ0v) is 15.1. The van der Waals surface area contributed by atoms with E-state index in [9.17, 15) is 9.59 Å². The van der Waals surface area contributed by atoms with Gasteiger partial charge in [0.25, 0.3) is 5.91 Å². The van der Waals surface area contributed by atoms with Crippen molar-refractivity contribution in [3.05, 3.63) is 39.9 Å². The van der Waals surface area contributed by atoms with E-state index in [0.29, 0.717) is 15.6 Å². The molecule has 1 atom stereocenters. The summed E-state index contributed by atoms with van der Waals surface area (Å²) >= 11 is 11.8. The third kappa shape index (κ3) is 5.88. The lowest BCUT2D eigenvalue weighted by atomic mass is 9.90. The molecule has 1 rings (SSSR count).